The molecular formula is C14H14BrNO2S2. The SMILES string of the molecule is CCSc1cccc(NCc2sccc2Br)c1C(=O)O. The quantitative estimate of drug-likeness (QED) is 0.706. The highest BCUT2D eigenvalue weighted by Gasteiger charge is 2.15. The van der Waals surface area contributed by atoms with Gasteiger partial charge in [-0.1, -0.05) is 13.0 Å². The Balaban J connectivity index is 2.24. The van der Waals surface area contributed by atoms with Crippen molar-refractivity contribution in [2.24, 2.45) is 0 Å². The van der Waals surface area contributed by atoms with Crippen LogP contribution in [0.1, 0.15) is 22.2 Å². The van der Waals surface area contributed by atoms with Crippen LogP contribution in [0.3, 0.4) is 0 Å². The number of hydrogen-bond donors (Lipinski definition) is 2. The fraction of sp³-hybridized carbons (Fsp3) is 0.214. The van der Waals surface area contributed by atoms with Gasteiger partial charge in [-0.05, 0) is 45.3 Å². The topological polar surface area (TPSA) is 49.3 Å². The third kappa shape index (κ3) is 3.56. The number of carbonyl (C=O) groups is 1. The number of nitrogens with one attached hydrogen (secondary N) is 1. The van der Waals surface area contributed by atoms with Gasteiger partial charge in [-0.3, -0.25) is 0 Å². The van der Waals surface area contributed by atoms with Gasteiger partial charge in [0.2, 0.25) is 0 Å². The minimum Gasteiger partial charge on any atom is -0.478 e. The molecule has 106 valence electrons. The summed E-state index contributed by atoms with van der Waals surface area (Å²) in [5.74, 6) is -0.0467. The molecule has 0 aliphatic heterocycles. The lowest BCUT2D eigenvalue weighted by atomic mass is 10.1. The van der Waals surface area contributed by atoms with Crippen LogP contribution in [-0.2, 0) is 6.54 Å². The van der Waals surface area contributed by atoms with Crippen molar-refractivity contribution >= 4 is 50.7 Å². The van der Waals surface area contributed by atoms with Crippen LogP contribution in [0.15, 0.2) is 39.0 Å². The molecule has 0 unspecified atom stereocenters. The zero-order chi connectivity index (χ0) is 14.5. The summed E-state index contributed by atoms with van der Waals surface area (Å²) >= 11 is 6.66. The van der Waals surface area contributed by atoms with Crippen LogP contribution in [0.2, 0.25) is 0 Å². The Kier molecular flexibility index (Phi) is 5.51. The Morgan fingerprint density at radius 1 is 1.45 bits per heavy atom. The lowest BCUT2D eigenvalue weighted by molar-refractivity contribution is 0.0694. The van der Waals surface area contributed by atoms with Crippen LogP contribution >= 0.6 is 39.0 Å². The first-order valence-corrected chi connectivity index (χ1v) is 8.74. The normalized spacial score (nSPS) is 10.5. The minimum absolute atomic E-state index is 0.354. The molecule has 0 radical (unpaired) electrons. The van der Waals surface area contributed by atoms with Gasteiger partial charge in [0.05, 0.1) is 17.8 Å². The number of thiophene rings is 1. The molecule has 0 spiro atoms. The summed E-state index contributed by atoms with van der Waals surface area (Å²) < 4.78 is 1.05. The van der Waals surface area contributed by atoms with E-state index in [1.807, 2.05) is 36.6 Å². The average Bonchev–Trinajstić information content (AvgIpc) is 2.82. The number of thioether (sulfide) groups is 1. The third-order valence-electron chi connectivity index (χ3n) is 2.67. The maximum absolute atomic E-state index is 11.5. The molecule has 6 heteroatoms. The molecule has 1 heterocycles. The van der Waals surface area contributed by atoms with E-state index in [0.717, 1.165) is 20.0 Å². The Morgan fingerprint density at radius 2 is 2.25 bits per heavy atom. The van der Waals surface area contributed by atoms with Crippen molar-refractivity contribution in [3.05, 3.63) is 44.6 Å². The minimum atomic E-state index is -0.894. The molecule has 0 bridgehead atoms. The second-order valence-corrected chi connectivity index (χ2v) is 7.12. The maximum atomic E-state index is 11.5. The maximum Gasteiger partial charge on any atom is 0.338 e. The second kappa shape index (κ2) is 7.15. The highest BCUT2D eigenvalue weighted by molar-refractivity contribution is 9.10. The molecule has 0 atom stereocenters. The first-order valence-electron chi connectivity index (χ1n) is 6.08. The van der Waals surface area contributed by atoms with E-state index in [4.69, 9.17) is 0 Å². The van der Waals surface area contributed by atoms with Crippen molar-refractivity contribution in [3.8, 4) is 0 Å². The number of benzene rings is 1. The van der Waals surface area contributed by atoms with E-state index < -0.39 is 5.97 Å². The predicted molar refractivity (Wildman–Crippen MR) is 89.1 cm³/mol. The van der Waals surface area contributed by atoms with E-state index in [2.05, 4.69) is 21.2 Å². The monoisotopic (exact) mass is 371 g/mol. The van der Waals surface area contributed by atoms with Gasteiger partial charge in [-0.25, -0.2) is 4.79 Å². The zero-order valence-electron chi connectivity index (χ0n) is 10.9. The zero-order valence-corrected chi connectivity index (χ0v) is 14.1. The number of anilines is 1. The third-order valence-corrected chi connectivity index (χ3v) is 5.54. The predicted octanol–water partition coefficient (Wildman–Crippen LogP) is 4.93. The van der Waals surface area contributed by atoms with E-state index in [0.29, 0.717) is 17.8 Å². The van der Waals surface area contributed by atoms with Gasteiger partial charge in [0.1, 0.15) is 0 Å². The molecule has 3 nitrogen and oxygen atoms in total. The van der Waals surface area contributed by atoms with Crippen LogP contribution < -0.4 is 5.32 Å². The van der Waals surface area contributed by atoms with Gasteiger partial charge in [0.15, 0.2) is 0 Å². The summed E-state index contributed by atoms with van der Waals surface area (Å²) in [6.07, 6.45) is 0. The molecule has 1 aromatic carbocycles. The van der Waals surface area contributed by atoms with Crippen LogP contribution in [-0.4, -0.2) is 16.8 Å². The molecule has 2 N–H and O–H groups in total. The van der Waals surface area contributed by atoms with Gasteiger partial charge >= 0.3 is 5.97 Å². The molecule has 20 heavy (non-hydrogen) atoms. The van der Waals surface area contributed by atoms with Crippen molar-refractivity contribution in [2.45, 2.75) is 18.4 Å². The lowest BCUT2D eigenvalue weighted by Gasteiger charge is -2.12. The number of rotatable bonds is 6. The van der Waals surface area contributed by atoms with Crippen molar-refractivity contribution in [1.82, 2.24) is 0 Å². The molecular weight excluding hydrogens is 358 g/mol. The van der Waals surface area contributed by atoms with E-state index in [1.165, 1.54) is 0 Å². The molecule has 1 aromatic heterocycles. The highest BCUT2D eigenvalue weighted by Crippen LogP contribution is 2.30. The molecule has 0 amide bonds. The van der Waals surface area contributed by atoms with Crippen LogP contribution in [0.25, 0.3) is 0 Å². The summed E-state index contributed by atoms with van der Waals surface area (Å²) in [7, 11) is 0. The number of halogens is 1. The van der Waals surface area contributed by atoms with Crippen LogP contribution in [0, 0.1) is 0 Å². The summed E-state index contributed by atoms with van der Waals surface area (Å²) in [5.41, 5.74) is 1.02. The first-order chi connectivity index (χ1) is 9.63. The van der Waals surface area contributed by atoms with Crippen molar-refractivity contribution in [1.29, 1.82) is 0 Å². The Bertz CT molecular complexity index is 613. The molecule has 2 aromatic rings. The number of carboxylic acids is 1. The molecule has 0 saturated carbocycles. The number of hydrogen-bond acceptors (Lipinski definition) is 4. The summed E-state index contributed by atoms with van der Waals surface area (Å²) in [6, 6.07) is 7.54. The van der Waals surface area contributed by atoms with Crippen LogP contribution in [0.4, 0.5) is 5.69 Å². The van der Waals surface area contributed by atoms with E-state index in [1.54, 1.807) is 23.1 Å². The fourth-order valence-electron chi connectivity index (χ4n) is 1.80. The summed E-state index contributed by atoms with van der Waals surface area (Å²) in [4.78, 5) is 13.4. The van der Waals surface area contributed by atoms with E-state index in [9.17, 15) is 9.90 Å². The molecule has 0 aliphatic rings. The van der Waals surface area contributed by atoms with E-state index >= 15 is 0 Å². The van der Waals surface area contributed by atoms with E-state index in [-0.39, 0.29) is 0 Å². The van der Waals surface area contributed by atoms with Gasteiger partial charge in [0.25, 0.3) is 0 Å². The Labute approximate surface area is 134 Å². The summed E-state index contributed by atoms with van der Waals surface area (Å²) in [6.45, 7) is 2.62. The fourth-order valence-corrected chi connectivity index (χ4v) is 4.06. The standard InChI is InChI=1S/C14H14BrNO2S2/c1-2-19-11-5-3-4-10(13(11)14(17)18)16-8-12-9(15)6-7-20-12/h3-7,16H,2,8H2,1H3,(H,17,18). The number of aromatic carboxylic acids is 1. The van der Waals surface area contributed by atoms with Gasteiger partial charge in [-0.2, -0.15) is 0 Å². The highest BCUT2D eigenvalue weighted by atomic mass is 79.9. The largest absolute Gasteiger partial charge is 0.478 e. The first kappa shape index (κ1) is 15.4. The molecule has 2 rings (SSSR count). The Morgan fingerprint density at radius 3 is 2.85 bits per heavy atom. The van der Waals surface area contributed by atoms with Crippen molar-refractivity contribution < 1.29 is 9.90 Å². The lowest BCUT2D eigenvalue weighted by Crippen LogP contribution is -2.07. The molecule has 0 aliphatic carbocycles. The molecule has 0 saturated heterocycles. The Hall–Kier alpha value is -0.980. The van der Waals surface area contributed by atoms with Gasteiger partial charge in [0, 0.05) is 14.2 Å². The van der Waals surface area contributed by atoms with Gasteiger partial charge in [-0.15, -0.1) is 23.1 Å². The molecule has 0 fully saturated rings. The van der Waals surface area contributed by atoms with Crippen molar-refractivity contribution in [3.63, 3.8) is 0 Å². The number of carboxylic acid groups (broad SMARTS) is 1. The van der Waals surface area contributed by atoms with Crippen molar-refractivity contribution in [2.75, 3.05) is 11.1 Å². The smallest absolute Gasteiger partial charge is 0.338 e. The van der Waals surface area contributed by atoms with Crippen LogP contribution in [0.5, 0.6) is 0 Å². The summed E-state index contributed by atoms with van der Waals surface area (Å²) in [5, 5.41) is 14.7. The van der Waals surface area contributed by atoms with Gasteiger partial charge < -0.3 is 10.4 Å². The second-order valence-electron chi connectivity index (χ2n) is 3.96. The average molecular weight is 372 g/mol.